The normalized spacial score (nSPS) is 11.4. The van der Waals surface area contributed by atoms with E-state index in [1.807, 2.05) is 0 Å². The second-order valence-electron chi connectivity index (χ2n) is 4.71. The number of benzene rings is 2. The Morgan fingerprint density at radius 1 is 1.13 bits per heavy atom. The molecule has 3 aromatic rings. The molecule has 1 heterocycles. The number of phenols is 1. The summed E-state index contributed by atoms with van der Waals surface area (Å²) < 4.78 is 31.8. The molecule has 0 bridgehead atoms. The van der Waals surface area contributed by atoms with Crippen molar-refractivity contribution in [1.82, 2.24) is 4.98 Å². The molecule has 0 saturated heterocycles. The number of carboxylic acids is 1. The summed E-state index contributed by atoms with van der Waals surface area (Å²) in [6, 6.07) is 6.15. The number of oxazole rings is 1. The Hall–Kier alpha value is -3.22. The van der Waals surface area contributed by atoms with Crippen LogP contribution in [0.4, 0.5) is 8.78 Å². The number of phenolic OH excluding ortho intramolecular Hbond substituents is 1. The molecule has 0 aliphatic rings. The topological polar surface area (TPSA) is 83.6 Å². The minimum atomic E-state index is -1.09. The van der Waals surface area contributed by atoms with Gasteiger partial charge in [-0.3, -0.25) is 0 Å². The molecule has 0 amide bonds. The Labute approximate surface area is 128 Å². The predicted octanol–water partition coefficient (Wildman–Crippen LogP) is 3.68. The summed E-state index contributed by atoms with van der Waals surface area (Å²) in [5.74, 6) is -4.13. The van der Waals surface area contributed by atoms with Gasteiger partial charge in [0.25, 0.3) is 0 Å². The van der Waals surface area contributed by atoms with Crippen LogP contribution in [0, 0.1) is 11.6 Å². The van der Waals surface area contributed by atoms with Gasteiger partial charge in [0.05, 0.1) is 5.56 Å². The minimum Gasteiger partial charge on any atom is -0.503 e. The lowest BCUT2D eigenvalue weighted by atomic mass is 10.2. The van der Waals surface area contributed by atoms with Crippen LogP contribution in [-0.2, 0) is 0 Å². The first-order valence-electron chi connectivity index (χ1n) is 6.44. The highest BCUT2D eigenvalue weighted by molar-refractivity contribution is 5.92. The molecule has 0 atom stereocenters. The van der Waals surface area contributed by atoms with Crippen LogP contribution in [0.5, 0.6) is 5.75 Å². The fourth-order valence-corrected chi connectivity index (χ4v) is 2.00. The second kappa shape index (κ2) is 5.53. The van der Waals surface area contributed by atoms with E-state index in [4.69, 9.17) is 14.6 Å². The smallest absolute Gasteiger partial charge is 0.335 e. The van der Waals surface area contributed by atoms with Crippen LogP contribution in [0.3, 0.4) is 0 Å². The van der Waals surface area contributed by atoms with Gasteiger partial charge in [0.1, 0.15) is 5.52 Å². The summed E-state index contributed by atoms with van der Waals surface area (Å²) in [6.07, 6.45) is 2.74. The van der Waals surface area contributed by atoms with Gasteiger partial charge in [-0.25, -0.2) is 18.6 Å². The summed E-state index contributed by atoms with van der Waals surface area (Å²) in [4.78, 5) is 15.0. The van der Waals surface area contributed by atoms with Crippen molar-refractivity contribution in [3.8, 4) is 5.75 Å². The van der Waals surface area contributed by atoms with Gasteiger partial charge in [0.2, 0.25) is 5.89 Å². The molecule has 0 saturated carbocycles. The number of fused-ring (bicyclic) bond motifs is 1. The van der Waals surface area contributed by atoms with Gasteiger partial charge < -0.3 is 14.6 Å². The number of aromatic carboxylic acids is 1. The molecule has 5 nitrogen and oxygen atoms in total. The molecule has 0 unspecified atom stereocenters. The van der Waals surface area contributed by atoms with Gasteiger partial charge in [-0.05, 0) is 42.0 Å². The van der Waals surface area contributed by atoms with E-state index in [-0.39, 0.29) is 22.6 Å². The van der Waals surface area contributed by atoms with Crippen LogP contribution in [0.2, 0.25) is 0 Å². The molecule has 0 radical (unpaired) electrons. The molecule has 1 aromatic heterocycles. The maximum absolute atomic E-state index is 13.2. The van der Waals surface area contributed by atoms with Crippen molar-refractivity contribution >= 4 is 29.2 Å². The van der Waals surface area contributed by atoms with Crippen molar-refractivity contribution in [2.75, 3.05) is 0 Å². The zero-order chi connectivity index (χ0) is 16.6. The monoisotopic (exact) mass is 317 g/mol. The number of carboxylic acid groups (broad SMARTS) is 1. The highest BCUT2D eigenvalue weighted by Crippen LogP contribution is 2.23. The van der Waals surface area contributed by atoms with E-state index in [2.05, 4.69) is 4.98 Å². The lowest BCUT2D eigenvalue weighted by molar-refractivity contribution is 0.0697. The SMILES string of the molecule is O=C(O)c1ccc2nc(C=Cc3cc(F)c(O)c(F)c3)oc2c1. The van der Waals surface area contributed by atoms with E-state index in [1.54, 1.807) is 0 Å². The highest BCUT2D eigenvalue weighted by Gasteiger charge is 2.10. The molecular formula is C16H9F2NO4. The Kier molecular flexibility index (Phi) is 3.53. The molecule has 3 rings (SSSR count). The molecule has 0 fully saturated rings. The van der Waals surface area contributed by atoms with Gasteiger partial charge in [-0.15, -0.1) is 0 Å². The largest absolute Gasteiger partial charge is 0.503 e. The Morgan fingerprint density at radius 3 is 2.48 bits per heavy atom. The standard InChI is InChI=1S/C16H9F2NO4/c17-10-5-8(6-11(18)15(10)20)1-4-14-19-12-3-2-9(16(21)22)7-13(12)23-14/h1-7,20H,(H,21,22). The molecule has 2 N–H and O–H groups in total. The molecular weight excluding hydrogens is 308 g/mol. The van der Waals surface area contributed by atoms with E-state index in [0.29, 0.717) is 5.52 Å². The number of nitrogens with zero attached hydrogens (tertiary/aromatic N) is 1. The Bertz CT molecular complexity index is 923. The lowest BCUT2D eigenvalue weighted by Crippen LogP contribution is -1.94. The fraction of sp³-hybridized carbons (Fsp3) is 0. The third-order valence-electron chi connectivity index (χ3n) is 3.11. The van der Waals surface area contributed by atoms with Gasteiger partial charge >= 0.3 is 5.97 Å². The number of aromatic nitrogens is 1. The summed E-state index contributed by atoms with van der Waals surface area (Å²) >= 11 is 0. The number of hydrogen-bond acceptors (Lipinski definition) is 4. The Balaban J connectivity index is 1.93. The van der Waals surface area contributed by atoms with E-state index >= 15 is 0 Å². The second-order valence-corrected chi connectivity index (χ2v) is 4.71. The lowest BCUT2D eigenvalue weighted by Gasteiger charge is -1.98. The maximum atomic E-state index is 13.2. The van der Waals surface area contributed by atoms with Crippen molar-refractivity contribution < 1.29 is 28.2 Å². The van der Waals surface area contributed by atoms with Gasteiger partial charge in [0, 0.05) is 6.08 Å². The van der Waals surface area contributed by atoms with Crippen LogP contribution >= 0.6 is 0 Å². The van der Waals surface area contributed by atoms with Crippen molar-refractivity contribution in [3.63, 3.8) is 0 Å². The zero-order valence-electron chi connectivity index (χ0n) is 11.5. The first kappa shape index (κ1) is 14.7. The quantitative estimate of drug-likeness (QED) is 0.770. The third-order valence-corrected chi connectivity index (χ3v) is 3.11. The van der Waals surface area contributed by atoms with Crippen molar-refractivity contribution in [1.29, 1.82) is 0 Å². The van der Waals surface area contributed by atoms with Crippen LogP contribution in [0.15, 0.2) is 34.7 Å². The average molecular weight is 317 g/mol. The molecule has 2 aromatic carbocycles. The van der Waals surface area contributed by atoms with Crippen molar-refractivity contribution in [2.45, 2.75) is 0 Å². The minimum absolute atomic E-state index is 0.0619. The third kappa shape index (κ3) is 2.89. The first-order chi connectivity index (χ1) is 10.9. The molecule has 7 heteroatoms. The predicted molar refractivity (Wildman–Crippen MR) is 77.9 cm³/mol. The number of hydrogen-bond donors (Lipinski definition) is 2. The Morgan fingerprint density at radius 2 is 1.83 bits per heavy atom. The van der Waals surface area contributed by atoms with Gasteiger partial charge in [-0.2, -0.15) is 0 Å². The number of carbonyl (C=O) groups is 1. The van der Waals surface area contributed by atoms with Crippen molar-refractivity contribution in [3.05, 3.63) is 59.0 Å². The first-order valence-corrected chi connectivity index (χ1v) is 6.44. The molecule has 0 aliphatic heterocycles. The molecule has 0 aliphatic carbocycles. The molecule has 0 spiro atoms. The van der Waals surface area contributed by atoms with Crippen LogP contribution in [-0.4, -0.2) is 21.2 Å². The summed E-state index contributed by atoms with van der Waals surface area (Å²) in [5.41, 5.74) is 0.975. The highest BCUT2D eigenvalue weighted by atomic mass is 19.1. The zero-order valence-corrected chi connectivity index (χ0v) is 11.5. The van der Waals surface area contributed by atoms with Gasteiger partial charge in [0.15, 0.2) is 23.0 Å². The summed E-state index contributed by atoms with van der Waals surface area (Å²) in [7, 11) is 0. The van der Waals surface area contributed by atoms with Crippen LogP contribution < -0.4 is 0 Å². The number of rotatable bonds is 3. The van der Waals surface area contributed by atoms with Crippen LogP contribution in [0.1, 0.15) is 21.8 Å². The van der Waals surface area contributed by atoms with E-state index < -0.39 is 23.4 Å². The van der Waals surface area contributed by atoms with Crippen LogP contribution in [0.25, 0.3) is 23.3 Å². The van der Waals surface area contributed by atoms with Crippen molar-refractivity contribution in [2.24, 2.45) is 0 Å². The molecule has 116 valence electrons. The van der Waals surface area contributed by atoms with E-state index in [1.165, 1.54) is 30.4 Å². The number of halogens is 2. The van der Waals surface area contributed by atoms with E-state index in [9.17, 15) is 13.6 Å². The molecule has 23 heavy (non-hydrogen) atoms. The summed E-state index contributed by atoms with van der Waals surface area (Å²) in [5, 5.41) is 17.9. The van der Waals surface area contributed by atoms with Gasteiger partial charge in [-0.1, -0.05) is 0 Å². The maximum Gasteiger partial charge on any atom is 0.335 e. The average Bonchev–Trinajstić information content (AvgIpc) is 2.92. The fourth-order valence-electron chi connectivity index (χ4n) is 2.00. The summed E-state index contributed by atoms with van der Waals surface area (Å²) in [6.45, 7) is 0. The number of aromatic hydroxyl groups is 1. The van der Waals surface area contributed by atoms with E-state index in [0.717, 1.165) is 12.1 Å².